The first-order valence-electron chi connectivity index (χ1n) is 7.25. The molecule has 1 heterocycles. The number of benzene rings is 2. The Kier molecular flexibility index (Phi) is 4.25. The Labute approximate surface area is 138 Å². The van der Waals surface area contributed by atoms with Crippen molar-refractivity contribution in [1.82, 2.24) is 9.78 Å². The van der Waals surface area contributed by atoms with Crippen molar-refractivity contribution >= 4 is 11.9 Å². The summed E-state index contributed by atoms with van der Waals surface area (Å²) in [5.74, 6) is -0.0329. The molecule has 6 heteroatoms. The maximum absolute atomic E-state index is 12.2. The van der Waals surface area contributed by atoms with Crippen LogP contribution in [0.5, 0.6) is 0 Å². The summed E-state index contributed by atoms with van der Waals surface area (Å²) in [5, 5.41) is 13.5. The van der Waals surface area contributed by atoms with Gasteiger partial charge in [-0.2, -0.15) is 10.4 Å². The number of ether oxygens (including phenoxy) is 1. The molecule has 0 aliphatic rings. The van der Waals surface area contributed by atoms with Gasteiger partial charge in [0, 0.05) is 5.56 Å². The first-order chi connectivity index (χ1) is 11.7. The fourth-order valence-electron chi connectivity index (χ4n) is 2.26. The second kappa shape index (κ2) is 6.67. The van der Waals surface area contributed by atoms with Crippen molar-refractivity contribution < 1.29 is 9.53 Å². The molecule has 118 valence electrons. The molecule has 0 unspecified atom stereocenters. The van der Waals surface area contributed by atoms with Gasteiger partial charge in [0.1, 0.15) is 23.9 Å². The molecule has 0 bridgehead atoms. The minimum atomic E-state index is -0.727. The highest BCUT2D eigenvalue weighted by molar-refractivity contribution is 5.81. The van der Waals surface area contributed by atoms with Gasteiger partial charge in [0.05, 0.1) is 0 Å². The van der Waals surface area contributed by atoms with E-state index in [0.717, 1.165) is 10.2 Å². The van der Waals surface area contributed by atoms with Gasteiger partial charge in [0.25, 0.3) is 0 Å². The molecule has 3 rings (SSSR count). The number of aromatic nitrogens is 2. The number of carbonyl (C=O) groups is 1. The number of nitriles is 1. The second-order valence-electron chi connectivity index (χ2n) is 5.04. The molecule has 3 aromatic rings. The van der Waals surface area contributed by atoms with Crippen LogP contribution in [0.4, 0.5) is 10.6 Å². The maximum Gasteiger partial charge on any atom is 0.437 e. The Hall–Kier alpha value is -3.59. The molecule has 0 atom stereocenters. The maximum atomic E-state index is 12.2. The molecule has 0 aliphatic carbocycles. The smallest absolute Gasteiger partial charge is 0.437 e. The van der Waals surface area contributed by atoms with Crippen LogP contribution in [0.25, 0.3) is 11.3 Å². The van der Waals surface area contributed by atoms with Crippen molar-refractivity contribution in [2.75, 3.05) is 5.73 Å². The summed E-state index contributed by atoms with van der Waals surface area (Å²) in [6.07, 6.45) is -0.727. The van der Waals surface area contributed by atoms with Crippen LogP contribution in [0.2, 0.25) is 0 Å². The fourth-order valence-corrected chi connectivity index (χ4v) is 2.26. The van der Waals surface area contributed by atoms with Gasteiger partial charge in [-0.3, -0.25) is 0 Å². The summed E-state index contributed by atoms with van der Waals surface area (Å²) >= 11 is 0. The first-order valence-corrected chi connectivity index (χ1v) is 7.25. The summed E-state index contributed by atoms with van der Waals surface area (Å²) in [7, 11) is 0. The average Bonchev–Trinajstić information content (AvgIpc) is 2.98. The molecule has 6 nitrogen and oxygen atoms in total. The van der Waals surface area contributed by atoms with Gasteiger partial charge in [-0.15, -0.1) is 4.68 Å². The quantitative estimate of drug-likeness (QED) is 0.800. The Bertz CT molecular complexity index is 896. The highest BCUT2D eigenvalue weighted by Gasteiger charge is 2.21. The number of carbonyl (C=O) groups excluding carboxylic acids is 1. The minimum absolute atomic E-state index is 0.0329. The Morgan fingerprint density at radius 1 is 1.12 bits per heavy atom. The third-order valence-electron chi connectivity index (χ3n) is 3.46. The van der Waals surface area contributed by atoms with Crippen LogP contribution in [0.3, 0.4) is 0 Å². The van der Waals surface area contributed by atoms with E-state index in [-0.39, 0.29) is 18.0 Å². The average molecular weight is 318 g/mol. The van der Waals surface area contributed by atoms with E-state index >= 15 is 0 Å². The zero-order valence-electron chi connectivity index (χ0n) is 12.7. The van der Waals surface area contributed by atoms with E-state index in [1.165, 1.54) is 0 Å². The molecular weight excluding hydrogens is 304 g/mol. The van der Waals surface area contributed by atoms with Gasteiger partial charge >= 0.3 is 6.09 Å². The molecule has 0 fully saturated rings. The van der Waals surface area contributed by atoms with Gasteiger partial charge in [-0.25, -0.2) is 4.79 Å². The van der Waals surface area contributed by atoms with Crippen LogP contribution >= 0.6 is 0 Å². The first kappa shape index (κ1) is 15.3. The van der Waals surface area contributed by atoms with E-state index in [1.54, 1.807) is 12.1 Å². The molecule has 0 spiro atoms. The predicted octanol–water partition coefficient (Wildman–Crippen LogP) is 3.19. The van der Waals surface area contributed by atoms with Gasteiger partial charge in [-0.1, -0.05) is 60.7 Å². The van der Waals surface area contributed by atoms with Crippen LogP contribution in [-0.2, 0) is 11.3 Å². The normalized spacial score (nSPS) is 10.1. The number of anilines is 1. The van der Waals surface area contributed by atoms with E-state index in [1.807, 2.05) is 54.6 Å². The SMILES string of the molecule is N#Cc1c(-c2ccccc2)nn(C(=O)OCc2ccccc2)c1N. The molecule has 2 N–H and O–H groups in total. The van der Waals surface area contributed by atoms with E-state index < -0.39 is 6.09 Å². The molecule has 0 aliphatic heterocycles. The Morgan fingerprint density at radius 2 is 1.75 bits per heavy atom. The Balaban J connectivity index is 1.87. The van der Waals surface area contributed by atoms with Gasteiger partial charge in [0.15, 0.2) is 5.82 Å². The molecule has 0 saturated heterocycles. The van der Waals surface area contributed by atoms with E-state index in [9.17, 15) is 10.1 Å². The summed E-state index contributed by atoms with van der Waals surface area (Å²) in [5.41, 5.74) is 7.96. The molecule has 24 heavy (non-hydrogen) atoms. The van der Waals surface area contributed by atoms with Crippen LogP contribution in [-0.4, -0.2) is 15.9 Å². The number of hydrogen-bond acceptors (Lipinski definition) is 5. The van der Waals surface area contributed by atoms with Crippen molar-refractivity contribution in [2.24, 2.45) is 0 Å². The lowest BCUT2D eigenvalue weighted by Crippen LogP contribution is -2.17. The lowest BCUT2D eigenvalue weighted by Gasteiger charge is -2.05. The monoisotopic (exact) mass is 318 g/mol. The number of rotatable bonds is 3. The number of nitrogens with two attached hydrogens (primary N) is 1. The largest absolute Gasteiger partial charge is 0.443 e. The second-order valence-corrected chi connectivity index (χ2v) is 5.04. The lowest BCUT2D eigenvalue weighted by atomic mass is 10.1. The summed E-state index contributed by atoms with van der Waals surface area (Å²) in [6.45, 7) is 0.0987. The van der Waals surface area contributed by atoms with Crippen LogP contribution in [0, 0.1) is 11.3 Å². The summed E-state index contributed by atoms with van der Waals surface area (Å²) in [4.78, 5) is 12.2. The number of nitrogens with zero attached hydrogens (tertiary/aromatic N) is 3. The van der Waals surface area contributed by atoms with Crippen molar-refractivity contribution in [2.45, 2.75) is 6.61 Å². The molecule has 0 saturated carbocycles. The zero-order chi connectivity index (χ0) is 16.9. The van der Waals surface area contributed by atoms with E-state index in [2.05, 4.69) is 5.10 Å². The molecular formula is C18H14N4O2. The standard InChI is InChI=1S/C18H14N4O2/c19-11-15-16(14-9-5-2-6-10-14)21-22(17(15)20)18(23)24-12-13-7-3-1-4-8-13/h1-10H,12,20H2. The topological polar surface area (TPSA) is 93.9 Å². The predicted molar refractivity (Wildman–Crippen MR) is 88.8 cm³/mol. The number of nitrogen functional groups attached to an aromatic ring is 1. The van der Waals surface area contributed by atoms with Crippen LogP contribution in [0.15, 0.2) is 60.7 Å². The minimum Gasteiger partial charge on any atom is -0.443 e. The third kappa shape index (κ3) is 2.96. The zero-order valence-corrected chi connectivity index (χ0v) is 12.7. The molecule has 0 amide bonds. The van der Waals surface area contributed by atoms with Crippen molar-refractivity contribution in [3.05, 3.63) is 71.8 Å². The van der Waals surface area contributed by atoms with Crippen molar-refractivity contribution in [1.29, 1.82) is 5.26 Å². The van der Waals surface area contributed by atoms with Gasteiger partial charge in [0.2, 0.25) is 0 Å². The summed E-state index contributed by atoms with van der Waals surface area (Å²) in [6, 6.07) is 20.3. The molecule has 2 aromatic carbocycles. The van der Waals surface area contributed by atoms with Gasteiger partial charge in [-0.05, 0) is 5.56 Å². The molecule has 0 radical (unpaired) electrons. The highest BCUT2D eigenvalue weighted by atomic mass is 16.6. The highest BCUT2D eigenvalue weighted by Crippen LogP contribution is 2.26. The molecule has 1 aromatic heterocycles. The fraction of sp³-hybridized carbons (Fsp3) is 0.0556. The lowest BCUT2D eigenvalue weighted by molar-refractivity contribution is 0.138. The van der Waals surface area contributed by atoms with Crippen molar-refractivity contribution in [3.8, 4) is 17.3 Å². The van der Waals surface area contributed by atoms with E-state index in [0.29, 0.717) is 11.3 Å². The van der Waals surface area contributed by atoms with Crippen LogP contribution < -0.4 is 5.73 Å². The van der Waals surface area contributed by atoms with Crippen LogP contribution in [0.1, 0.15) is 11.1 Å². The third-order valence-corrected chi connectivity index (χ3v) is 3.46. The Morgan fingerprint density at radius 3 is 2.38 bits per heavy atom. The van der Waals surface area contributed by atoms with E-state index in [4.69, 9.17) is 10.5 Å². The number of hydrogen-bond donors (Lipinski definition) is 1. The van der Waals surface area contributed by atoms with Gasteiger partial charge < -0.3 is 10.5 Å². The van der Waals surface area contributed by atoms with Crippen molar-refractivity contribution in [3.63, 3.8) is 0 Å². The summed E-state index contributed by atoms with van der Waals surface area (Å²) < 4.78 is 6.14.